The second kappa shape index (κ2) is 10.4. The number of carbonyl (C=O) groups excluding carboxylic acids is 2. The Balaban J connectivity index is 1.45. The van der Waals surface area contributed by atoms with Crippen LogP contribution in [0.5, 0.6) is 11.5 Å². The molecule has 0 aromatic heterocycles. The zero-order valence-corrected chi connectivity index (χ0v) is 17.7. The van der Waals surface area contributed by atoms with Gasteiger partial charge in [0.05, 0.1) is 12.2 Å². The van der Waals surface area contributed by atoms with Gasteiger partial charge in [-0.3, -0.25) is 9.59 Å². The van der Waals surface area contributed by atoms with Gasteiger partial charge in [-0.1, -0.05) is 12.1 Å². The van der Waals surface area contributed by atoms with Gasteiger partial charge >= 0.3 is 6.18 Å². The molecule has 1 aliphatic heterocycles. The predicted octanol–water partition coefficient (Wildman–Crippen LogP) is 3.90. The third-order valence-electron chi connectivity index (χ3n) is 5.11. The van der Waals surface area contributed by atoms with Crippen LogP contribution in [0.15, 0.2) is 48.5 Å². The second-order valence-electron chi connectivity index (χ2n) is 7.38. The van der Waals surface area contributed by atoms with Gasteiger partial charge in [-0.05, 0) is 56.2 Å². The van der Waals surface area contributed by atoms with Gasteiger partial charge < -0.3 is 19.7 Å². The average molecular weight is 450 g/mol. The number of para-hydroxylation sites is 2. The highest BCUT2D eigenvalue weighted by atomic mass is 19.4. The Hall–Kier alpha value is -3.23. The van der Waals surface area contributed by atoms with Gasteiger partial charge in [-0.15, -0.1) is 0 Å². The molecule has 0 unspecified atom stereocenters. The largest absolute Gasteiger partial charge is 0.490 e. The number of carbonyl (C=O) groups is 2. The fourth-order valence-electron chi connectivity index (χ4n) is 3.47. The molecule has 6 nitrogen and oxygen atoms in total. The highest BCUT2D eigenvalue weighted by Gasteiger charge is 2.31. The molecule has 1 heterocycles. The lowest BCUT2D eigenvalue weighted by Crippen LogP contribution is -2.47. The minimum Gasteiger partial charge on any atom is -0.490 e. The molecule has 2 amide bonds. The Morgan fingerprint density at radius 2 is 1.59 bits per heavy atom. The molecular formula is C23H25F3N2O4. The molecule has 0 spiro atoms. The summed E-state index contributed by atoms with van der Waals surface area (Å²) in [6, 6.07) is 11.2. The molecule has 1 aliphatic rings. The molecule has 2 aromatic rings. The number of ether oxygens (including phenoxy) is 2. The molecule has 1 saturated heterocycles. The number of nitrogens with zero attached hydrogens (tertiary/aromatic N) is 1. The number of benzene rings is 2. The van der Waals surface area contributed by atoms with Crippen molar-refractivity contribution in [1.29, 1.82) is 0 Å². The van der Waals surface area contributed by atoms with Crippen LogP contribution in [0.1, 0.15) is 35.7 Å². The van der Waals surface area contributed by atoms with Crippen LogP contribution in [0.25, 0.3) is 0 Å². The van der Waals surface area contributed by atoms with Crippen molar-refractivity contribution in [2.75, 3.05) is 26.3 Å². The Morgan fingerprint density at radius 3 is 2.16 bits per heavy atom. The van der Waals surface area contributed by atoms with Gasteiger partial charge in [0.15, 0.2) is 18.1 Å². The van der Waals surface area contributed by atoms with E-state index in [0.717, 1.165) is 12.1 Å². The van der Waals surface area contributed by atoms with Gasteiger partial charge in [0, 0.05) is 24.7 Å². The molecule has 9 heteroatoms. The fourth-order valence-corrected chi connectivity index (χ4v) is 3.47. The molecule has 0 bridgehead atoms. The maximum absolute atomic E-state index is 12.7. The van der Waals surface area contributed by atoms with Gasteiger partial charge in [0.25, 0.3) is 11.8 Å². The van der Waals surface area contributed by atoms with E-state index in [0.29, 0.717) is 44.0 Å². The number of nitrogens with one attached hydrogen (secondary N) is 1. The zero-order valence-electron chi connectivity index (χ0n) is 17.7. The van der Waals surface area contributed by atoms with E-state index in [1.54, 1.807) is 23.1 Å². The lowest BCUT2D eigenvalue weighted by molar-refractivity contribution is -0.137. The van der Waals surface area contributed by atoms with Crippen LogP contribution in [0, 0.1) is 0 Å². The lowest BCUT2D eigenvalue weighted by atomic mass is 10.0. The third kappa shape index (κ3) is 6.15. The summed E-state index contributed by atoms with van der Waals surface area (Å²) in [6.45, 7) is 2.99. The molecule has 32 heavy (non-hydrogen) atoms. The van der Waals surface area contributed by atoms with Crippen molar-refractivity contribution in [2.24, 2.45) is 0 Å². The summed E-state index contributed by atoms with van der Waals surface area (Å²) < 4.78 is 49.1. The Kier molecular flexibility index (Phi) is 7.61. The fraction of sp³-hybridized carbons (Fsp3) is 0.391. The van der Waals surface area contributed by atoms with E-state index >= 15 is 0 Å². The van der Waals surface area contributed by atoms with Gasteiger partial charge in [0.1, 0.15) is 0 Å². The number of likely N-dealkylation sites (tertiary alicyclic amines) is 1. The van der Waals surface area contributed by atoms with E-state index in [4.69, 9.17) is 9.47 Å². The third-order valence-corrected chi connectivity index (χ3v) is 5.11. The van der Waals surface area contributed by atoms with E-state index in [9.17, 15) is 22.8 Å². The molecule has 1 fully saturated rings. The molecule has 2 aromatic carbocycles. The molecular weight excluding hydrogens is 425 g/mol. The Labute approximate surface area is 184 Å². The van der Waals surface area contributed by atoms with E-state index in [-0.39, 0.29) is 30.0 Å². The lowest BCUT2D eigenvalue weighted by Gasteiger charge is -2.32. The number of hydrogen-bond donors (Lipinski definition) is 1. The van der Waals surface area contributed by atoms with E-state index < -0.39 is 11.7 Å². The van der Waals surface area contributed by atoms with Crippen LogP contribution < -0.4 is 14.8 Å². The van der Waals surface area contributed by atoms with E-state index in [2.05, 4.69) is 5.32 Å². The van der Waals surface area contributed by atoms with E-state index in [1.807, 2.05) is 13.0 Å². The maximum Gasteiger partial charge on any atom is 0.416 e. The Bertz CT molecular complexity index is 924. The zero-order chi connectivity index (χ0) is 23.1. The quantitative estimate of drug-likeness (QED) is 0.695. The van der Waals surface area contributed by atoms with Gasteiger partial charge in [-0.2, -0.15) is 13.2 Å². The normalized spacial score (nSPS) is 14.7. The predicted molar refractivity (Wildman–Crippen MR) is 112 cm³/mol. The summed E-state index contributed by atoms with van der Waals surface area (Å²) >= 11 is 0. The van der Waals surface area contributed by atoms with Crippen molar-refractivity contribution >= 4 is 11.8 Å². The summed E-state index contributed by atoms with van der Waals surface area (Å²) in [5.41, 5.74) is -0.580. The van der Waals surface area contributed by atoms with E-state index in [1.165, 1.54) is 12.1 Å². The minimum absolute atomic E-state index is 0.107. The van der Waals surface area contributed by atoms with Crippen molar-refractivity contribution < 1.29 is 32.2 Å². The van der Waals surface area contributed by atoms with Crippen molar-refractivity contribution in [3.05, 3.63) is 59.7 Å². The van der Waals surface area contributed by atoms with Crippen LogP contribution in [0.4, 0.5) is 13.2 Å². The van der Waals surface area contributed by atoms with Gasteiger partial charge in [-0.25, -0.2) is 0 Å². The number of halogens is 3. The molecule has 172 valence electrons. The van der Waals surface area contributed by atoms with Crippen LogP contribution in [0.2, 0.25) is 0 Å². The molecule has 0 saturated carbocycles. The number of alkyl halides is 3. The number of amides is 2. The topological polar surface area (TPSA) is 67.9 Å². The second-order valence-corrected chi connectivity index (χ2v) is 7.38. The SMILES string of the molecule is CCOc1ccccc1OCC(=O)NC1CCN(C(=O)c2ccc(C(F)(F)F)cc2)CC1. The Morgan fingerprint density at radius 1 is 1.00 bits per heavy atom. The monoisotopic (exact) mass is 450 g/mol. The number of hydrogen-bond acceptors (Lipinski definition) is 4. The summed E-state index contributed by atoms with van der Waals surface area (Å²) in [5, 5.41) is 2.90. The molecule has 3 rings (SSSR count). The summed E-state index contributed by atoms with van der Waals surface area (Å²) in [5.74, 6) is 0.461. The summed E-state index contributed by atoms with van der Waals surface area (Å²) in [6.07, 6.45) is -3.34. The summed E-state index contributed by atoms with van der Waals surface area (Å²) in [7, 11) is 0. The van der Waals surface area contributed by atoms with Crippen molar-refractivity contribution in [3.63, 3.8) is 0 Å². The first-order valence-corrected chi connectivity index (χ1v) is 10.4. The summed E-state index contributed by atoms with van der Waals surface area (Å²) in [4.78, 5) is 26.4. The molecule has 0 radical (unpaired) electrons. The standard InChI is InChI=1S/C23H25F3N2O4/c1-2-31-19-5-3-4-6-20(19)32-15-21(29)27-18-11-13-28(14-12-18)22(30)16-7-9-17(10-8-16)23(24,25)26/h3-10,18H,2,11-15H2,1H3,(H,27,29). The van der Waals surface area contributed by atoms with Crippen molar-refractivity contribution in [2.45, 2.75) is 32.0 Å². The van der Waals surface area contributed by atoms with Crippen LogP contribution in [0.3, 0.4) is 0 Å². The molecule has 1 N–H and O–H groups in total. The van der Waals surface area contributed by atoms with Crippen LogP contribution in [-0.4, -0.2) is 49.1 Å². The first-order valence-electron chi connectivity index (χ1n) is 10.4. The highest BCUT2D eigenvalue weighted by molar-refractivity contribution is 5.94. The number of piperidine rings is 1. The van der Waals surface area contributed by atoms with Crippen molar-refractivity contribution in [3.8, 4) is 11.5 Å². The first-order chi connectivity index (χ1) is 15.3. The highest BCUT2D eigenvalue weighted by Crippen LogP contribution is 2.29. The molecule has 0 aliphatic carbocycles. The maximum atomic E-state index is 12.7. The smallest absolute Gasteiger partial charge is 0.416 e. The van der Waals surface area contributed by atoms with Gasteiger partial charge in [0.2, 0.25) is 0 Å². The molecule has 0 atom stereocenters. The minimum atomic E-state index is -4.44. The first kappa shape index (κ1) is 23.4. The number of rotatable bonds is 7. The van der Waals surface area contributed by atoms with Crippen LogP contribution >= 0.6 is 0 Å². The van der Waals surface area contributed by atoms with Crippen LogP contribution in [-0.2, 0) is 11.0 Å². The van der Waals surface area contributed by atoms with Crippen molar-refractivity contribution in [1.82, 2.24) is 10.2 Å². The average Bonchev–Trinajstić information content (AvgIpc) is 2.78.